The van der Waals surface area contributed by atoms with E-state index in [1.807, 2.05) is 30.8 Å². The summed E-state index contributed by atoms with van der Waals surface area (Å²) in [7, 11) is 3.56. The highest BCUT2D eigenvalue weighted by atomic mass is 16.5. The van der Waals surface area contributed by atoms with Crippen molar-refractivity contribution in [2.45, 2.75) is 25.9 Å². The number of hydrogen-bond acceptors (Lipinski definition) is 5. The monoisotopic (exact) mass is 261 g/mol. The number of tetrazole rings is 1. The van der Waals surface area contributed by atoms with Gasteiger partial charge in [-0.3, -0.25) is 0 Å². The van der Waals surface area contributed by atoms with Gasteiger partial charge in [-0.15, -0.1) is 5.10 Å². The smallest absolute Gasteiger partial charge is 0.167 e. The molecule has 0 aliphatic heterocycles. The van der Waals surface area contributed by atoms with Gasteiger partial charge in [-0.1, -0.05) is 12.1 Å². The van der Waals surface area contributed by atoms with Gasteiger partial charge in [-0.2, -0.15) is 0 Å². The number of aromatic nitrogens is 4. The summed E-state index contributed by atoms with van der Waals surface area (Å²) in [5.74, 6) is 1.73. The van der Waals surface area contributed by atoms with Gasteiger partial charge in [0.15, 0.2) is 5.82 Å². The number of nitrogens with one attached hydrogen (secondary N) is 1. The van der Waals surface area contributed by atoms with Gasteiger partial charge in [0.25, 0.3) is 0 Å². The lowest BCUT2D eigenvalue weighted by Crippen LogP contribution is -2.19. The highest BCUT2D eigenvalue weighted by Crippen LogP contribution is 2.13. The van der Waals surface area contributed by atoms with Gasteiger partial charge >= 0.3 is 0 Å². The van der Waals surface area contributed by atoms with Crippen LogP contribution in [0.1, 0.15) is 24.4 Å². The SMILES string of the molecule is CNC(C)c1nnnn1CCc1ccc(OC)cc1. The summed E-state index contributed by atoms with van der Waals surface area (Å²) in [4.78, 5) is 0. The normalized spacial score (nSPS) is 12.4. The first-order chi connectivity index (χ1) is 9.24. The van der Waals surface area contributed by atoms with Gasteiger partial charge in [-0.25, -0.2) is 4.68 Å². The van der Waals surface area contributed by atoms with Crippen LogP contribution in [-0.2, 0) is 13.0 Å². The highest BCUT2D eigenvalue weighted by Gasteiger charge is 2.12. The molecule has 19 heavy (non-hydrogen) atoms. The van der Waals surface area contributed by atoms with E-state index in [0.29, 0.717) is 0 Å². The molecule has 0 fully saturated rings. The van der Waals surface area contributed by atoms with Crippen LogP contribution >= 0.6 is 0 Å². The van der Waals surface area contributed by atoms with E-state index in [0.717, 1.165) is 24.5 Å². The topological polar surface area (TPSA) is 64.9 Å². The third-order valence-corrected chi connectivity index (χ3v) is 3.15. The first kappa shape index (κ1) is 13.5. The van der Waals surface area contributed by atoms with Gasteiger partial charge < -0.3 is 10.1 Å². The van der Waals surface area contributed by atoms with E-state index in [1.165, 1.54) is 5.56 Å². The Morgan fingerprint density at radius 3 is 2.68 bits per heavy atom. The zero-order chi connectivity index (χ0) is 13.7. The molecule has 0 spiro atoms. The Labute approximate surface area is 112 Å². The van der Waals surface area contributed by atoms with Crippen molar-refractivity contribution in [1.29, 1.82) is 0 Å². The molecule has 0 aliphatic rings. The predicted octanol–water partition coefficient (Wildman–Crippen LogP) is 1.20. The van der Waals surface area contributed by atoms with E-state index in [4.69, 9.17) is 4.74 Å². The molecule has 6 nitrogen and oxygen atoms in total. The van der Waals surface area contributed by atoms with Crippen LogP contribution < -0.4 is 10.1 Å². The number of hydrogen-bond donors (Lipinski definition) is 1. The van der Waals surface area contributed by atoms with Gasteiger partial charge in [-0.05, 0) is 48.5 Å². The van der Waals surface area contributed by atoms with Crippen LogP contribution in [0.4, 0.5) is 0 Å². The van der Waals surface area contributed by atoms with E-state index in [1.54, 1.807) is 7.11 Å². The highest BCUT2D eigenvalue weighted by molar-refractivity contribution is 5.27. The fourth-order valence-corrected chi connectivity index (χ4v) is 1.84. The average molecular weight is 261 g/mol. The lowest BCUT2D eigenvalue weighted by atomic mass is 10.1. The standard InChI is InChI=1S/C13H19N5O/c1-10(14-2)13-15-16-17-18(13)9-8-11-4-6-12(19-3)7-5-11/h4-7,10,14H,8-9H2,1-3H3. The number of aryl methyl sites for hydroxylation is 2. The minimum atomic E-state index is 0.144. The molecule has 2 aromatic rings. The summed E-state index contributed by atoms with van der Waals surface area (Å²) in [5, 5.41) is 14.9. The summed E-state index contributed by atoms with van der Waals surface area (Å²) < 4.78 is 6.98. The third-order valence-electron chi connectivity index (χ3n) is 3.15. The Bertz CT molecular complexity index is 508. The molecule has 0 radical (unpaired) electrons. The van der Waals surface area contributed by atoms with Crippen LogP contribution in [0.2, 0.25) is 0 Å². The van der Waals surface area contributed by atoms with Crippen molar-refractivity contribution < 1.29 is 4.74 Å². The summed E-state index contributed by atoms with van der Waals surface area (Å²) in [5.41, 5.74) is 1.24. The van der Waals surface area contributed by atoms with Crippen molar-refractivity contribution in [3.63, 3.8) is 0 Å². The minimum absolute atomic E-state index is 0.144. The molecule has 0 saturated heterocycles. The fourth-order valence-electron chi connectivity index (χ4n) is 1.84. The lowest BCUT2D eigenvalue weighted by molar-refractivity contribution is 0.414. The molecule has 1 unspecified atom stereocenters. The molecule has 6 heteroatoms. The molecule has 1 N–H and O–H groups in total. The van der Waals surface area contributed by atoms with Crippen molar-refractivity contribution in [3.8, 4) is 5.75 Å². The van der Waals surface area contributed by atoms with Crippen molar-refractivity contribution in [1.82, 2.24) is 25.5 Å². The largest absolute Gasteiger partial charge is 0.497 e. The number of benzene rings is 1. The maximum atomic E-state index is 5.14. The predicted molar refractivity (Wildman–Crippen MR) is 72.0 cm³/mol. The number of rotatable bonds is 6. The van der Waals surface area contributed by atoms with Gasteiger partial charge in [0.05, 0.1) is 13.2 Å². The average Bonchev–Trinajstić information content (AvgIpc) is 2.93. The second kappa shape index (κ2) is 6.29. The molecule has 0 amide bonds. The second-order valence-electron chi connectivity index (χ2n) is 4.37. The van der Waals surface area contributed by atoms with E-state index in [-0.39, 0.29) is 6.04 Å². The van der Waals surface area contributed by atoms with Crippen LogP contribution in [0, 0.1) is 0 Å². The Hall–Kier alpha value is -1.95. The minimum Gasteiger partial charge on any atom is -0.497 e. The molecule has 1 atom stereocenters. The zero-order valence-electron chi connectivity index (χ0n) is 11.5. The third kappa shape index (κ3) is 3.29. The first-order valence-corrected chi connectivity index (χ1v) is 6.31. The molecule has 0 bridgehead atoms. The van der Waals surface area contributed by atoms with Gasteiger partial charge in [0.2, 0.25) is 0 Å². The molecular weight excluding hydrogens is 242 g/mol. The molecule has 2 rings (SSSR count). The summed E-state index contributed by atoms with van der Waals surface area (Å²) >= 11 is 0. The molecule has 1 aromatic heterocycles. The van der Waals surface area contributed by atoms with Crippen LogP contribution in [0.5, 0.6) is 5.75 Å². The molecule has 102 valence electrons. The zero-order valence-corrected chi connectivity index (χ0v) is 11.5. The summed E-state index contributed by atoms with van der Waals surface area (Å²) in [6.07, 6.45) is 0.887. The maximum absolute atomic E-state index is 5.14. The molecular formula is C13H19N5O. The Morgan fingerprint density at radius 1 is 1.32 bits per heavy atom. The van der Waals surface area contributed by atoms with Crippen LogP contribution in [0.3, 0.4) is 0 Å². The molecule has 1 aromatic carbocycles. The van der Waals surface area contributed by atoms with E-state index < -0.39 is 0 Å². The van der Waals surface area contributed by atoms with E-state index in [2.05, 4.69) is 33.0 Å². The number of nitrogens with zero attached hydrogens (tertiary/aromatic N) is 4. The lowest BCUT2D eigenvalue weighted by Gasteiger charge is -2.10. The van der Waals surface area contributed by atoms with E-state index >= 15 is 0 Å². The van der Waals surface area contributed by atoms with Crippen molar-refractivity contribution in [2.24, 2.45) is 0 Å². The van der Waals surface area contributed by atoms with E-state index in [9.17, 15) is 0 Å². The van der Waals surface area contributed by atoms with Gasteiger partial charge in [0, 0.05) is 6.54 Å². The van der Waals surface area contributed by atoms with Crippen LogP contribution in [-0.4, -0.2) is 34.4 Å². The molecule has 1 heterocycles. The second-order valence-corrected chi connectivity index (χ2v) is 4.37. The Morgan fingerprint density at radius 2 is 2.05 bits per heavy atom. The number of methoxy groups -OCH3 is 1. The van der Waals surface area contributed by atoms with Gasteiger partial charge in [0.1, 0.15) is 5.75 Å². The molecule has 0 aliphatic carbocycles. The summed E-state index contributed by atoms with van der Waals surface area (Å²) in [6, 6.07) is 8.19. The van der Waals surface area contributed by atoms with Crippen molar-refractivity contribution >= 4 is 0 Å². The van der Waals surface area contributed by atoms with Crippen molar-refractivity contribution in [3.05, 3.63) is 35.7 Å². The quantitative estimate of drug-likeness (QED) is 0.846. The van der Waals surface area contributed by atoms with Crippen molar-refractivity contribution in [2.75, 3.05) is 14.2 Å². The summed E-state index contributed by atoms with van der Waals surface area (Å²) in [6.45, 7) is 2.80. The van der Waals surface area contributed by atoms with Crippen LogP contribution in [0.25, 0.3) is 0 Å². The first-order valence-electron chi connectivity index (χ1n) is 6.31. The number of ether oxygens (including phenoxy) is 1. The van der Waals surface area contributed by atoms with Crippen LogP contribution in [0.15, 0.2) is 24.3 Å². The fraction of sp³-hybridized carbons (Fsp3) is 0.462. The molecule has 0 saturated carbocycles. The maximum Gasteiger partial charge on any atom is 0.167 e. The Kier molecular flexibility index (Phi) is 4.46. The Balaban J connectivity index is 2.00.